The lowest BCUT2D eigenvalue weighted by atomic mass is 9.91. The van der Waals surface area contributed by atoms with Gasteiger partial charge in [0.25, 0.3) is 0 Å². The van der Waals surface area contributed by atoms with E-state index in [1.807, 2.05) is 41.6 Å². The van der Waals surface area contributed by atoms with Crippen LogP contribution in [-0.2, 0) is 4.79 Å². The van der Waals surface area contributed by atoms with Gasteiger partial charge in [-0.15, -0.1) is 0 Å². The van der Waals surface area contributed by atoms with Crippen LogP contribution in [0.2, 0.25) is 0 Å². The number of methoxy groups -OCH3 is 1. The van der Waals surface area contributed by atoms with Crippen LogP contribution in [-0.4, -0.2) is 65.0 Å². The number of carbonyl (C=O) groups excluding carboxylic acids is 1. The summed E-state index contributed by atoms with van der Waals surface area (Å²) in [6.07, 6.45) is 8.17. The van der Waals surface area contributed by atoms with E-state index in [1.54, 1.807) is 14.0 Å². The molecule has 2 fully saturated rings. The van der Waals surface area contributed by atoms with Gasteiger partial charge in [0.2, 0.25) is 5.91 Å². The highest BCUT2D eigenvalue weighted by atomic mass is 16.5. The maximum Gasteiger partial charge on any atom is 0.219 e. The van der Waals surface area contributed by atoms with Crippen molar-refractivity contribution in [3.05, 3.63) is 42.4 Å². The quantitative estimate of drug-likeness (QED) is 0.796. The molecule has 1 aromatic carbocycles. The molecule has 3 heterocycles. The highest BCUT2D eigenvalue weighted by Gasteiger charge is 2.29. The zero-order valence-electron chi connectivity index (χ0n) is 17.4. The number of ether oxygens (including phenoxy) is 1. The summed E-state index contributed by atoms with van der Waals surface area (Å²) in [5.74, 6) is 1.50. The standard InChI is InChI=1S/C23H30N4O2/c1-17(28)26-12-8-20(9-13-26)27-10-6-18(7-11-27)22-15-24-16-23(25-22)19-4-3-5-21(14-19)29-2/h3-5,14-16,18,20H,6-13H2,1-2H3. The molecule has 0 saturated carbocycles. The summed E-state index contributed by atoms with van der Waals surface area (Å²) in [7, 11) is 1.68. The van der Waals surface area contributed by atoms with Gasteiger partial charge in [0, 0.05) is 43.7 Å². The number of carbonyl (C=O) groups is 1. The molecule has 154 valence electrons. The van der Waals surface area contributed by atoms with Crippen LogP contribution in [0, 0.1) is 0 Å². The van der Waals surface area contributed by atoms with Gasteiger partial charge in [-0.05, 0) is 50.9 Å². The van der Waals surface area contributed by atoms with Crippen molar-refractivity contribution in [3.63, 3.8) is 0 Å². The van der Waals surface area contributed by atoms with E-state index < -0.39 is 0 Å². The summed E-state index contributed by atoms with van der Waals surface area (Å²) >= 11 is 0. The molecule has 29 heavy (non-hydrogen) atoms. The molecule has 1 aromatic heterocycles. The van der Waals surface area contributed by atoms with Crippen molar-refractivity contribution in [2.45, 2.75) is 44.6 Å². The van der Waals surface area contributed by atoms with Crippen molar-refractivity contribution in [3.8, 4) is 17.0 Å². The first-order valence-electron chi connectivity index (χ1n) is 10.6. The van der Waals surface area contributed by atoms with Crippen LogP contribution in [0.15, 0.2) is 36.7 Å². The van der Waals surface area contributed by atoms with Crippen LogP contribution in [0.25, 0.3) is 11.3 Å². The summed E-state index contributed by atoms with van der Waals surface area (Å²) < 4.78 is 5.34. The Labute approximate surface area is 172 Å². The number of benzene rings is 1. The van der Waals surface area contributed by atoms with Crippen LogP contribution >= 0.6 is 0 Å². The zero-order valence-corrected chi connectivity index (χ0v) is 17.4. The molecule has 6 nitrogen and oxygen atoms in total. The van der Waals surface area contributed by atoms with Crippen molar-refractivity contribution in [1.82, 2.24) is 19.8 Å². The van der Waals surface area contributed by atoms with Crippen LogP contribution in [0.4, 0.5) is 0 Å². The van der Waals surface area contributed by atoms with Crippen molar-refractivity contribution in [1.29, 1.82) is 0 Å². The van der Waals surface area contributed by atoms with E-state index >= 15 is 0 Å². The average Bonchev–Trinajstić information content (AvgIpc) is 2.79. The highest BCUT2D eigenvalue weighted by Crippen LogP contribution is 2.31. The van der Waals surface area contributed by atoms with Gasteiger partial charge in [0.1, 0.15) is 5.75 Å². The minimum Gasteiger partial charge on any atom is -0.497 e. The normalized spacial score (nSPS) is 19.3. The van der Waals surface area contributed by atoms with Crippen molar-refractivity contribution < 1.29 is 9.53 Å². The Morgan fingerprint density at radius 2 is 1.83 bits per heavy atom. The minimum absolute atomic E-state index is 0.205. The molecule has 0 radical (unpaired) electrons. The number of aromatic nitrogens is 2. The molecular weight excluding hydrogens is 364 g/mol. The smallest absolute Gasteiger partial charge is 0.219 e. The fourth-order valence-electron chi connectivity index (χ4n) is 4.61. The maximum atomic E-state index is 11.5. The molecule has 6 heteroatoms. The van der Waals surface area contributed by atoms with Gasteiger partial charge < -0.3 is 14.5 Å². The topological polar surface area (TPSA) is 58.6 Å². The third kappa shape index (κ3) is 4.58. The number of hydrogen-bond donors (Lipinski definition) is 0. The van der Waals surface area contributed by atoms with E-state index in [1.165, 1.54) is 0 Å². The summed E-state index contributed by atoms with van der Waals surface area (Å²) in [6, 6.07) is 8.59. The lowest BCUT2D eigenvalue weighted by Gasteiger charge is -2.41. The number of amides is 1. The van der Waals surface area contributed by atoms with Gasteiger partial charge in [-0.3, -0.25) is 9.78 Å². The van der Waals surface area contributed by atoms with Gasteiger partial charge in [0.15, 0.2) is 0 Å². The number of rotatable bonds is 4. The number of hydrogen-bond acceptors (Lipinski definition) is 5. The van der Waals surface area contributed by atoms with E-state index in [0.29, 0.717) is 12.0 Å². The van der Waals surface area contributed by atoms with E-state index in [2.05, 4.69) is 9.88 Å². The third-order valence-electron chi connectivity index (χ3n) is 6.39. The Hall–Kier alpha value is -2.47. The summed E-state index contributed by atoms with van der Waals surface area (Å²) in [5.41, 5.74) is 3.03. The first-order valence-corrected chi connectivity index (χ1v) is 10.6. The van der Waals surface area contributed by atoms with Crippen LogP contribution in [0.1, 0.15) is 44.2 Å². The first-order chi connectivity index (χ1) is 14.1. The van der Waals surface area contributed by atoms with Crippen LogP contribution in [0.5, 0.6) is 5.75 Å². The highest BCUT2D eigenvalue weighted by molar-refractivity contribution is 5.73. The van der Waals surface area contributed by atoms with Crippen molar-refractivity contribution in [2.75, 3.05) is 33.3 Å². The molecule has 0 bridgehead atoms. The molecule has 0 spiro atoms. The largest absolute Gasteiger partial charge is 0.497 e. The zero-order chi connectivity index (χ0) is 20.2. The molecule has 2 aromatic rings. The second kappa shape index (κ2) is 8.91. The van der Waals surface area contributed by atoms with Gasteiger partial charge >= 0.3 is 0 Å². The predicted octanol–water partition coefficient (Wildman–Crippen LogP) is 3.34. The van der Waals surface area contributed by atoms with Gasteiger partial charge in [0.05, 0.1) is 24.7 Å². The SMILES string of the molecule is COc1cccc(-c2cncc(C3CCN(C4CCN(C(C)=O)CC4)CC3)n2)c1. The fourth-order valence-corrected chi connectivity index (χ4v) is 4.61. The fraction of sp³-hybridized carbons (Fsp3) is 0.522. The number of piperidine rings is 2. The van der Waals surface area contributed by atoms with E-state index in [-0.39, 0.29) is 5.91 Å². The molecule has 4 rings (SSSR count). The van der Waals surface area contributed by atoms with Crippen LogP contribution < -0.4 is 4.74 Å². The number of nitrogens with zero attached hydrogens (tertiary/aromatic N) is 4. The summed E-state index contributed by atoms with van der Waals surface area (Å²) in [4.78, 5) is 25.5. The summed E-state index contributed by atoms with van der Waals surface area (Å²) in [5, 5.41) is 0. The lowest BCUT2D eigenvalue weighted by molar-refractivity contribution is -0.130. The molecule has 0 unspecified atom stereocenters. The average molecular weight is 395 g/mol. The molecule has 2 aliphatic rings. The van der Waals surface area contributed by atoms with Gasteiger partial charge in [-0.1, -0.05) is 12.1 Å². The predicted molar refractivity (Wildman–Crippen MR) is 113 cm³/mol. The Morgan fingerprint density at radius 1 is 1.07 bits per heavy atom. The van der Waals surface area contributed by atoms with E-state index in [4.69, 9.17) is 9.72 Å². The lowest BCUT2D eigenvalue weighted by Crippen LogP contribution is -2.48. The van der Waals surface area contributed by atoms with E-state index in [0.717, 1.165) is 74.6 Å². The third-order valence-corrected chi connectivity index (χ3v) is 6.39. The summed E-state index contributed by atoms with van der Waals surface area (Å²) in [6.45, 7) is 5.66. The number of likely N-dealkylation sites (tertiary alicyclic amines) is 2. The maximum absolute atomic E-state index is 11.5. The van der Waals surface area contributed by atoms with Gasteiger partial charge in [-0.25, -0.2) is 4.98 Å². The van der Waals surface area contributed by atoms with Crippen molar-refractivity contribution >= 4 is 5.91 Å². The molecule has 2 aliphatic heterocycles. The minimum atomic E-state index is 0.205. The first kappa shape index (κ1) is 19.8. The van der Waals surface area contributed by atoms with Gasteiger partial charge in [-0.2, -0.15) is 0 Å². The second-order valence-corrected chi connectivity index (χ2v) is 8.11. The second-order valence-electron chi connectivity index (χ2n) is 8.11. The van der Waals surface area contributed by atoms with Crippen LogP contribution in [0.3, 0.4) is 0 Å². The molecule has 2 saturated heterocycles. The molecule has 0 N–H and O–H groups in total. The van der Waals surface area contributed by atoms with Crippen molar-refractivity contribution in [2.24, 2.45) is 0 Å². The molecule has 0 atom stereocenters. The molecule has 1 amide bonds. The Bertz CT molecular complexity index is 840. The Balaban J connectivity index is 1.37. The molecule has 0 aliphatic carbocycles. The van der Waals surface area contributed by atoms with E-state index in [9.17, 15) is 4.79 Å². The molecular formula is C23H30N4O2. The monoisotopic (exact) mass is 394 g/mol. The Kier molecular flexibility index (Phi) is 6.09. The Morgan fingerprint density at radius 3 is 2.52 bits per heavy atom.